The lowest BCUT2D eigenvalue weighted by Gasteiger charge is -2.25. The summed E-state index contributed by atoms with van der Waals surface area (Å²) in [5.41, 5.74) is -2.35. The van der Waals surface area contributed by atoms with Crippen LogP contribution in [0.5, 0.6) is 0 Å². The predicted molar refractivity (Wildman–Crippen MR) is 55.5 cm³/mol. The monoisotopic (exact) mass is 247 g/mol. The van der Waals surface area contributed by atoms with Gasteiger partial charge in [-0.3, -0.25) is 0 Å². The Balaban J connectivity index is 3.28. The van der Waals surface area contributed by atoms with Crippen LogP contribution in [0.15, 0.2) is 24.3 Å². The van der Waals surface area contributed by atoms with Crippen LogP contribution in [0.25, 0.3) is 0 Å². The Morgan fingerprint density at radius 3 is 2.24 bits per heavy atom. The van der Waals surface area contributed by atoms with E-state index in [0.29, 0.717) is 0 Å². The van der Waals surface area contributed by atoms with E-state index in [0.717, 1.165) is 12.1 Å². The van der Waals surface area contributed by atoms with E-state index in [-0.39, 0.29) is 5.56 Å². The largest absolute Gasteiger partial charge is 0.480 e. The normalized spacial score (nSPS) is 15.4. The number of hydrogen-bond donors (Lipinski definition) is 2. The number of aliphatic carboxylic acids is 1. The molecule has 0 unspecified atom stereocenters. The second kappa shape index (κ2) is 4.37. The predicted octanol–water partition coefficient (Wildman–Crippen LogP) is 2.22. The van der Waals surface area contributed by atoms with Crippen LogP contribution in [-0.2, 0) is 16.5 Å². The van der Waals surface area contributed by atoms with Gasteiger partial charge in [-0.15, -0.1) is 0 Å². The average molecular weight is 247 g/mol. The number of likely N-dealkylation sites (N-methyl/N-ethyl adjacent to an activating group) is 1. The quantitative estimate of drug-likeness (QED) is 0.861. The summed E-state index contributed by atoms with van der Waals surface area (Å²) in [6, 6.07) is 4.28. The lowest BCUT2D eigenvalue weighted by molar-refractivity contribution is -0.145. The summed E-state index contributed by atoms with van der Waals surface area (Å²) in [6.07, 6.45) is -4.48. The Kier molecular flexibility index (Phi) is 3.47. The van der Waals surface area contributed by atoms with Crippen LogP contribution >= 0.6 is 0 Å². The molecule has 0 saturated carbocycles. The fourth-order valence-electron chi connectivity index (χ4n) is 1.38. The van der Waals surface area contributed by atoms with Crippen molar-refractivity contribution in [2.45, 2.75) is 18.6 Å². The summed E-state index contributed by atoms with van der Waals surface area (Å²) in [7, 11) is 1.38. The van der Waals surface area contributed by atoms with E-state index in [1.807, 2.05) is 0 Å². The first kappa shape index (κ1) is 13.5. The van der Waals surface area contributed by atoms with Crippen LogP contribution in [0.4, 0.5) is 13.2 Å². The zero-order valence-electron chi connectivity index (χ0n) is 9.30. The number of rotatable bonds is 3. The zero-order chi connectivity index (χ0) is 13.3. The van der Waals surface area contributed by atoms with Gasteiger partial charge in [-0.2, -0.15) is 13.2 Å². The molecule has 0 fully saturated rings. The molecule has 1 rings (SSSR count). The molecule has 0 saturated heterocycles. The lowest BCUT2D eigenvalue weighted by atomic mass is 9.91. The molecule has 0 aromatic heterocycles. The summed E-state index contributed by atoms with van der Waals surface area (Å²) in [5, 5.41) is 11.5. The Hall–Kier alpha value is -1.56. The van der Waals surface area contributed by atoms with Crippen molar-refractivity contribution in [2.24, 2.45) is 0 Å². The second-order valence-corrected chi connectivity index (χ2v) is 3.76. The maximum absolute atomic E-state index is 12.5. The van der Waals surface area contributed by atoms with Gasteiger partial charge in [-0.25, -0.2) is 4.79 Å². The first-order chi connectivity index (χ1) is 7.71. The molecule has 1 aromatic carbocycles. The lowest BCUT2D eigenvalue weighted by Crippen LogP contribution is -2.44. The number of carbonyl (C=O) groups is 1. The highest BCUT2D eigenvalue weighted by atomic mass is 19.4. The van der Waals surface area contributed by atoms with Crippen molar-refractivity contribution >= 4 is 5.97 Å². The van der Waals surface area contributed by atoms with Gasteiger partial charge in [0.2, 0.25) is 0 Å². The first-order valence-electron chi connectivity index (χ1n) is 4.82. The number of benzene rings is 1. The van der Waals surface area contributed by atoms with Crippen LogP contribution in [-0.4, -0.2) is 18.1 Å². The molecule has 0 aliphatic carbocycles. The van der Waals surface area contributed by atoms with Crippen LogP contribution in [0.3, 0.4) is 0 Å². The van der Waals surface area contributed by atoms with Crippen molar-refractivity contribution in [1.82, 2.24) is 5.32 Å². The number of nitrogens with one attached hydrogen (secondary N) is 1. The molecule has 0 aliphatic rings. The standard InChI is InChI=1S/C11H12F3NO2/c1-10(15-2,9(16)17)7-4-3-5-8(6-7)11(12,13)14/h3-6,15H,1-2H3,(H,16,17)/t10-/m0/s1. The van der Waals surface area contributed by atoms with E-state index in [1.54, 1.807) is 0 Å². The maximum Gasteiger partial charge on any atom is 0.416 e. The SMILES string of the molecule is CN[C@](C)(C(=O)O)c1cccc(C(F)(F)F)c1. The molecule has 6 heteroatoms. The van der Waals surface area contributed by atoms with E-state index < -0.39 is 23.2 Å². The third-order valence-corrected chi connectivity index (χ3v) is 2.69. The molecule has 0 aliphatic heterocycles. The molecule has 0 spiro atoms. The van der Waals surface area contributed by atoms with Crippen LogP contribution < -0.4 is 5.32 Å². The molecule has 0 bridgehead atoms. The number of alkyl halides is 3. The van der Waals surface area contributed by atoms with Gasteiger partial charge < -0.3 is 10.4 Å². The third kappa shape index (κ3) is 2.58. The minimum Gasteiger partial charge on any atom is -0.480 e. The Labute approximate surface area is 96.3 Å². The van der Waals surface area contributed by atoms with Gasteiger partial charge in [0.05, 0.1) is 5.56 Å². The second-order valence-electron chi connectivity index (χ2n) is 3.76. The molecule has 1 atom stereocenters. The van der Waals surface area contributed by atoms with E-state index in [1.165, 1.54) is 26.1 Å². The van der Waals surface area contributed by atoms with E-state index >= 15 is 0 Å². The van der Waals surface area contributed by atoms with Gasteiger partial charge >= 0.3 is 12.1 Å². The van der Waals surface area contributed by atoms with Gasteiger partial charge in [0.1, 0.15) is 5.54 Å². The minimum absolute atomic E-state index is 0.0577. The van der Waals surface area contributed by atoms with Crippen molar-refractivity contribution in [1.29, 1.82) is 0 Å². The molecule has 0 radical (unpaired) electrons. The highest BCUT2D eigenvalue weighted by Crippen LogP contribution is 2.32. The summed E-state index contributed by atoms with van der Waals surface area (Å²) in [6.45, 7) is 1.31. The zero-order valence-corrected chi connectivity index (χ0v) is 9.30. The van der Waals surface area contributed by atoms with Crippen molar-refractivity contribution < 1.29 is 23.1 Å². The fraction of sp³-hybridized carbons (Fsp3) is 0.364. The van der Waals surface area contributed by atoms with Gasteiger partial charge in [-0.05, 0) is 31.7 Å². The summed E-state index contributed by atoms with van der Waals surface area (Å²) >= 11 is 0. The molecule has 0 amide bonds. The Bertz CT molecular complexity index is 431. The minimum atomic E-state index is -4.48. The molecule has 3 nitrogen and oxygen atoms in total. The summed E-state index contributed by atoms with van der Waals surface area (Å²) < 4.78 is 37.5. The summed E-state index contributed by atoms with van der Waals surface area (Å²) in [4.78, 5) is 11.1. The fourth-order valence-corrected chi connectivity index (χ4v) is 1.38. The van der Waals surface area contributed by atoms with Crippen molar-refractivity contribution in [2.75, 3.05) is 7.05 Å². The number of hydrogen-bond acceptors (Lipinski definition) is 2. The molecular formula is C11H12F3NO2. The molecular weight excluding hydrogens is 235 g/mol. The first-order valence-corrected chi connectivity index (χ1v) is 4.82. The van der Waals surface area contributed by atoms with E-state index in [2.05, 4.69) is 5.32 Å². The highest BCUT2D eigenvalue weighted by Gasteiger charge is 2.36. The average Bonchev–Trinajstić information content (AvgIpc) is 2.26. The molecule has 1 aromatic rings. The molecule has 0 heterocycles. The summed E-state index contributed by atoms with van der Waals surface area (Å²) in [5.74, 6) is -1.24. The van der Waals surface area contributed by atoms with Crippen molar-refractivity contribution in [3.8, 4) is 0 Å². The van der Waals surface area contributed by atoms with Gasteiger partial charge in [0, 0.05) is 0 Å². The number of carboxylic acid groups (broad SMARTS) is 1. The van der Waals surface area contributed by atoms with Gasteiger partial charge in [-0.1, -0.05) is 12.1 Å². The van der Waals surface area contributed by atoms with Crippen molar-refractivity contribution in [3.05, 3.63) is 35.4 Å². The van der Waals surface area contributed by atoms with Crippen molar-refractivity contribution in [3.63, 3.8) is 0 Å². The Morgan fingerprint density at radius 2 is 1.82 bits per heavy atom. The van der Waals surface area contributed by atoms with Crippen LogP contribution in [0, 0.1) is 0 Å². The third-order valence-electron chi connectivity index (χ3n) is 2.69. The smallest absolute Gasteiger partial charge is 0.416 e. The van der Waals surface area contributed by atoms with Crippen LogP contribution in [0.1, 0.15) is 18.1 Å². The Morgan fingerprint density at radius 1 is 1.29 bits per heavy atom. The van der Waals surface area contributed by atoms with E-state index in [4.69, 9.17) is 5.11 Å². The molecule has 94 valence electrons. The molecule has 2 N–H and O–H groups in total. The van der Waals surface area contributed by atoms with Gasteiger partial charge in [0.15, 0.2) is 0 Å². The highest BCUT2D eigenvalue weighted by molar-refractivity contribution is 5.80. The number of halogens is 3. The van der Waals surface area contributed by atoms with E-state index in [9.17, 15) is 18.0 Å². The maximum atomic E-state index is 12.5. The number of carboxylic acids is 1. The van der Waals surface area contributed by atoms with Crippen LogP contribution in [0.2, 0.25) is 0 Å². The van der Waals surface area contributed by atoms with Gasteiger partial charge in [0.25, 0.3) is 0 Å². The topological polar surface area (TPSA) is 49.3 Å². The molecule has 17 heavy (non-hydrogen) atoms.